The van der Waals surface area contributed by atoms with Crippen molar-refractivity contribution in [1.29, 1.82) is 0 Å². The molecule has 1 fully saturated rings. The Hall–Kier alpha value is -1.98. The quantitative estimate of drug-likeness (QED) is 0.796. The molecule has 1 unspecified atom stereocenters. The summed E-state index contributed by atoms with van der Waals surface area (Å²) in [5.41, 5.74) is 0. The highest BCUT2D eigenvalue weighted by Crippen LogP contribution is 2.22. The summed E-state index contributed by atoms with van der Waals surface area (Å²) >= 11 is 0. The molecule has 0 aromatic carbocycles. The highest BCUT2D eigenvalue weighted by atomic mass is 16.5. The lowest BCUT2D eigenvalue weighted by Gasteiger charge is -2.15. The van der Waals surface area contributed by atoms with E-state index < -0.39 is 6.09 Å². The Morgan fingerprint density at radius 2 is 2.47 bits per heavy atom. The van der Waals surface area contributed by atoms with Crippen LogP contribution in [0.5, 0.6) is 0 Å². The minimum absolute atomic E-state index is 0.0484. The largest absolute Gasteiger partial charge is 0.453 e. The van der Waals surface area contributed by atoms with Crippen molar-refractivity contribution in [1.82, 2.24) is 5.32 Å². The van der Waals surface area contributed by atoms with Crippen molar-refractivity contribution < 1.29 is 18.7 Å². The minimum atomic E-state index is -0.426. The summed E-state index contributed by atoms with van der Waals surface area (Å²) in [6, 6.07) is 3.43. The zero-order chi connectivity index (χ0) is 12.3. The molecule has 0 bridgehead atoms. The van der Waals surface area contributed by atoms with E-state index in [4.69, 9.17) is 4.42 Å². The lowest BCUT2D eigenvalue weighted by molar-refractivity contribution is 0.110. The van der Waals surface area contributed by atoms with Crippen molar-refractivity contribution in [3.63, 3.8) is 0 Å². The third-order valence-corrected chi connectivity index (χ3v) is 2.74. The summed E-state index contributed by atoms with van der Waals surface area (Å²) in [5.74, 6) is 0.964. The average molecular weight is 238 g/mol. The van der Waals surface area contributed by atoms with Gasteiger partial charge in [0, 0.05) is 19.2 Å². The van der Waals surface area contributed by atoms with Crippen LogP contribution >= 0.6 is 0 Å². The van der Waals surface area contributed by atoms with E-state index in [1.807, 2.05) is 4.90 Å². The van der Waals surface area contributed by atoms with E-state index in [2.05, 4.69) is 10.1 Å². The molecule has 1 aliphatic rings. The van der Waals surface area contributed by atoms with E-state index >= 15 is 0 Å². The molecule has 1 aromatic heterocycles. The summed E-state index contributed by atoms with van der Waals surface area (Å²) < 4.78 is 9.85. The summed E-state index contributed by atoms with van der Waals surface area (Å²) in [6.45, 7) is 1.43. The lowest BCUT2D eigenvalue weighted by Crippen LogP contribution is -2.36. The summed E-state index contributed by atoms with van der Waals surface area (Å²) in [4.78, 5) is 23.5. The van der Waals surface area contributed by atoms with Crippen molar-refractivity contribution in [2.45, 2.75) is 12.5 Å². The van der Waals surface area contributed by atoms with Crippen LogP contribution in [0.3, 0.4) is 0 Å². The topological polar surface area (TPSA) is 71.8 Å². The summed E-state index contributed by atoms with van der Waals surface area (Å²) in [7, 11) is 1.34. The second-order valence-electron chi connectivity index (χ2n) is 3.86. The zero-order valence-electron chi connectivity index (χ0n) is 9.51. The predicted octanol–water partition coefficient (Wildman–Crippen LogP) is 1.03. The van der Waals surface area contributed by atoms with E-state index in [0.717, 1.165) is 13.0 Å². The average Bonchev–Trinajstić information content (AvgIpc) is 2.96. The number of aldehydes is 1. The number of amides is 1. The SMILES string of the molecule is COC(=O)NC1CCN(c2ccc(C=O)o2)C1. The first-order chi connectivity index (χ1) is 8.22. The standard InChI is InChI=1S/C11H14N2O4/c1-16-11(15)12-8-4-5-13(6-8)10-3-2-9(7-14)17-10/h2-3,7-8H,4-6H2,1H3,(H,12,15). The number of ether oxygens (including phenoxy) is 1. The lowest BCUT2D eigenvalue weighted by atomic mass is 10.3. The molecule has 2 heterocycles. The monoisotopic (exact) mass is 238 g/mol. The van der Waals surface area contributed by atoms with Gasteiger partial charge in [-0.3, -0.25) is 4.79 Å². The Morgan fingerprint density at radius 1 is 1.65 bits per heavy atom. The number of furan rings is 1. The van der Waals surface area contributed by atoms with Gasteiger partial charge in [0.05, 0.1) is 13.2 Å². The molecule has 1 N–H and O–H groups in total. The fraction of sp³-hybridized carbons (Fsp3) is 0.455. The van der Waals surface area contributed by atoms with Gasteiger partial charge in [0.15, 0.2) is 17.9 Å². The number of hydrogen-bond acceptors (Lipinski definition) is 5. The predicted molar refractivity (Wildman–Crippen MR) is 60.3 cm³/mol. The molecule has 92 valence electrons. The molecule has 1 saturated heterocycles. The molecule has 0 aliphatic carbocycles. The fourth-order valence-electron chi connectivity index (χ4n) is 1.88. The Balaban J connectivity index is 1.93. The minimum Gasteiger partial charge on any atom is -0.453 e. The molecule has 6 nitrogen and oxygen atoms in total. The van der Waals surface area contributed by atoms with E-state index in [9.17, 15) is 9.59 Å². The summed E-state index contributed by atoms with van der Waals surface area (Å²) in [6.07, 6.45) is 1.07. The van der Waals surface area contributed by atoms with Gasteiger partial charge in [-0.2, -0.15) is 0 Å². The number of carbonyl (C=O) groups is 2. The van der Waals surface area contributed by atoms with Crippen LogP contribution in [0.1, 0.15) is 17.0 Å². The van der Waals surface area contributed by atoms with Crippen LogP contribution in [-0.2, 0) is 4.74 Å². The van der Waals surface area contributed by atoms with Crippen LogP contribution in [0.25, 0.3) is 0 Å². The van der Waals surface area contributed by atoms with Gasteiger partial charge in [-0.05, 0) is 12.5 Å². The first kappa shape index (κ1) is 11.5. The van der Waals surface area contributed by atoms with Gasteiger partial charge in [0.1, 0.15) is 0 Å². The molecule has 1 amide bonds. The van der Waals surface area contributed by atoms with E-state index in [1.165, 1.54) is 7.11 Å². The maximum absolute atomic E-state index is 11.0. The van der Waals surface area contributed by atoms with Crippen molar-refractivity contribution in [3.05, 3.63) is 17.9 Å². The van der Waals surface area contributed by atoms with Crippen LogP contribution in [0.4, 0.5) is 10.7 Å². The van der Waals surface area contributed by atoms with Crippen molar-refractivity contribution in [2.24, 2.45) is 0 Å². The number of methoxy groups -OCH3 is 1. The molecule has 0 saturated carbocycles. The van der Waals surface area contributed by atoms with Gasteiger partial charge >= 0.3 is 6.09 Å². The van der Waals surface area contributed by atoms with Crippen LogP contribution in [0.15, 0.2) is 16.5 Å². The number of alkyl carbamates (subject to hydrolysis) is 1. The molecular weight excluding hydrogens is 224 g/mol. The molecular formula is C11H14N2O4. The Labute approximate surface area is 98.5 Å². The third-order valence-electron chi connectivity index (χ3n) is 2.74. The molecule has 1 atom stereocenters. The van der Waals surface area contributed by atoms with E-state index in [-0.39, 0.29) is 6.04 Å². The van der Waals surface area contributed by atoms with Crippen LogP contribution in [0.2, 0.25) is 0 Å². The van der Waals surface area contributed by atoms with Gasteiger partial charge in [-0.25, -0.2) is 4.79 Å². The molecule has 2 rings (SSSR count). The number of carbonyl (C=O) groups excluding carboxylic acids is 2. The Kier molecular flexibility index (Phi) is 3.32. The van der Waals surface area contributed by atoms with Crippen molar-refractivity contribution in [3.8, 4) is 0 Å². The fourth-order valence-corrected chi connectivity index (χ4v) is 1.88. The summed E-state index contributed by atoms with van der Waals surface area (Å²) in [5, 5.41) is 2.74. The van der Waals surface area contributed by atoms with Gasteiger partial charge in [0.2, 0.25) is 0 Å². The van der Waals surface area contributed by atoms with Crippen LogP contribution in [-0.4, -0.2) is 38.6 Å². The van der Waals surface area contributed by atoms with Crippen molar-refractivity contribution in [2.75, 3.05) is 25.1 Å². The maximum atomic E-state index is 11.0. The first-order valence-electron chi connectivity index (χ1n) is 5.37. The number of nitrogens with one attached hydrogen (secondary N) is 1. The smallest absolute Gasteiger partial charge is 0.407 e. The zero-order valence-corrected chi connectivity index (χ0v) is 9.51. The Bertz CT molecular complexity index is 415. The van der Waals surface area contributed by atoms with Gasteiger partial charge in [0.25, 0.3) is 0 Å². The number of anilines is 1. The molecule has 0 radical (unpaired) electrons. The Morgan fingerprint density at radius 3 is 3.12 bits per heavy atom. The highest BCUT2D eigenvalue weighted by Gasteiger charge is 2.25. The molecule has 1 aromatic rings. The highest BCUT2D eigenvalue weighted by molar-refractivity contribution is 5.71. The van der Waals surface area contributed by atoms with Crippen LogP contribution < -0.4 is 10.2 Å². The van der Waals surface area contributed by atoms with Crippen LogP contribution in [0, 0.1) is 0 Å². The maximum Gasteiger partial charge on any atom is 0.407 e. The molecule has 6 heteroatoms. The van der Waals surface area contributed by atoms with E-state index in [1.54, 1.807) is 12.1 Å². The van der Waals surface area contributed by atoms with Crippen molar-refractivity contribution >= 4 is 18.3 Å². The number of nitrogens with zero attached hydrogens (tertiary/aromatic N) is 1. The second kappa shape index (κ2) is 4.90. The number of hydrogen-bond donors (Lipinski definition) is 1. The molecule has 0 spiro atoms. The normalized spacial score (nSPS) is 19.1. The molecule has 17 heavy (non-hydrogen) atoms. The third kappa shape index (κ3) is 2.58. The van der Waals surface area contributed by atoms with Gasteiger partial charge < -0.3 is 19.4 Å². The van der Waals surface area contributed by atoms with Gasteiger partial charge in [-0.1, -0.05) is 0 Å². The van der Waals surface area contributed by atoms with E-state index in [0.29, 0.717) is 24.5 Å². The number of rotatable bonds is 3. The molecule has 1 aliphatic heterocycles. The van der Waals surface area contributed by atoms with Gasteiger partial charge in [-0.15, -0.1) is 0 Å². The first-order valence-corrected chi connectivity index (χ1v) is 5.37. The second-order valence-corrected chi connectivity index (χ2v) is 3.86.